The monoisotopic (exact) mass is 422 g/mol. The molecule has 0 saturated heterocycles. The summed E-state index contributed by atoms with van der Waals surface area (Å²) in [6.45, 7) is 0.0697. The lowest BCUT2D eigenvalue weighted by Crippen LogP contribution is -2.36. The molecule has 1 aliphatic rings. The number of ether oxygens (including phenoxy) is 1. The van der Waals surface area contributed by atoms with Gasteiger partial charge in [0.2, 0.25) is 0 Å². The average Bonchev–Trinajstić information content (AvgIpc) is 3.11. The van der Waals surface area contributed by atoms with E-state index in [2.05, 4.69) is 12.1 Å². The van der Waals surface area contributed by atoms with E-state index in [0.29, 0.717) is 24.1 Å². The summed E-state index contributed by atoms with van der Waals surface area (Å²) in [4.78, 5) is 38.4. The summed E-state index contributed by atoms with van der Waals surface area (Å²) < 4.78 is 11.9. The molecule has 7 nitrogen and oxygen atoms in total. The van der Waals surface area contributed by atoms with Crippen molar-refractivity contribution in [1.82, 2.24) is 9.47 Å². The van der Waals surface area contributed by atoms with Crippen LogP contribution in [0.15, 0.2) is 57.7 Å². The summed E-state index contributed by atoms with van der Waals surface area (Å²) in [6.07, 6.45) is 3.50. The highest BCUT2D eigenvalue weighted by molar-refractivity contribution is 5.81. The fourth-order valence-corrected chi connectivity index (χ4v) is 4.23. The number of hydrogen-bond donors (Lipinski definition) is 0. The number of fused-ring (bicyclic) bond motifs is 2. The Balaban J connectivity index is 1.27. The molecular formula is C24H26N2O5. The number of amides is 1. The highest BCUT2D eigenvalue weighted by Crippen LogP contribution is 2.33. The van der Waals surface area contributed by atoms with Gasteiger partial charge in [-0.2, -0.15) is 0 Å². The number of para-hydroxylation sites is 2. The van der Waals surface area contributed by atoms with Gasteiger partial charge in [-0.25, -0.2) is 4.79 Å². The number of aromatic nitrogens is 1. The van der Waals surface area contributed by atoms with Gasteiger partial charge in [0.1, 0.15) is 0 Å². The maximum Gasteiger partial charge on any atom is 0.419 e. The van der Waals surface area contributed by atoms with Crippen LogP contribution in [0.2, 0.25) is 0 Å². The van der Waals surface area contributed by atoms with Crippen molar-refractivity contribution in [3.8, 4) is 0 Å². The van der Waals surface area contributed by atoms with Crippen molar-refractivity contribution >= 4 is 23.0 Å². The molecule has 0 bridgehead atoms. The van der Waals surface area contributed by atoms with Crippen LogP contribution < -0.4 is 5.76 Å². The van der Waals surface area contributed by atoms with E-state index < -0.39 is 11.7 Å². The first-order valence-electron chi connectivity index (χ1n) is 10.6. The summed E-state index contributed by atoms with van der Waals surface area (Å²) in [5.41, 5.74) is 3.67. The van der Waals surface area contributed by atoms with Gasteiger partial charge in [0.15, 0.2) is 12.2 Å². The largest absolute Gasteiger partial charge is 0.456 e. The zero-order valence-corrected chi connectivity index (χ0v) is 17.6. The third-order valence-corrected chi connectivity index (χ3v) is 5.89. The predicted molar refractivity (Wildman–Crippen MR) is 116 cm³/mol. The highest BCUT2D eigenvalue weighted by atomic mass is 16.5. The number of oxazole rings is 1. The van der Waals surface area contributed by atoms with Crippen LogP contribution in [0.1, 0.15) is 42.9 Å². The molecule has 3 aromatic rings. The first-order chi connectivity index (χ1) is 15.0. The van der Waals surface area contributed by atoms with E-state index in [0.717, 1.165) is 19.3 Å². The fourth-order valence-electron chi connectivity index (χ4n) is 4.23. The fraction of sp³-hybridized carbons (Fsp3) is 0.375. The molecule has 0 radical (unpaired) electrons. The minimum atomic E-state index is -0.452. The topological polar surface area (TPSA) is 81.8 Å². The van der Waals surface area contributed by atoms with Gasteiger partial charge in [0, 0.05) is 20.0 Å². The maximum absolute atomic E-state index is 12.6. The quantitative estimate of drug-likeness (QED) is 0.545. The van der Waals surface area contributed by atoms with Crippen LogP contribution in [-0.2, 0) is 27.3 Å². The second-order valence-corrected chi connectivity index (χ2v) is 7.86. The molecule has 1 aliphatic carbocycles. The maximum atomic E-state index is 12.6. The molecule has 0 N–H and O–H groups in total. The number of esters is 1. The van der Waals surface area contributed by atoms with Gasteiger partial charge in [-0.05, 0) is 48.9 Å². The molecule has 1 atom stereocenters. The number of likely N-dealkylation sites (N-methyl/N-ethyl adjacent to an activating group) is 1. The van der Waals surface area contributed by atoms with E-state index in [-0.39, 0.29) is 25.0 Å². The van der Waals surface area contributed by atoms with Crippen LogP contribution in [0.5, 0.6) is 0 Å². The van der Waals surface area contributed by atoms with Crippen molar-refractivity contribution in [3.63, 3.8) is 0 Å². The molecular weight excluding hydrogens is 396 g/mol. The Labute approximate surface area is 180 Å². The summed E-state index contributed by atoms with van der Waals surface area (Å²) in [7, 11) is 1.76. The van der Waals surface area contributed by atoms with E-state index in [1.54, 1.807) is 30.1 Å². The van der Waals surface area contributed by atoms with E-state index in [9.17, 15) is 14.4 Å². The van der Waals surface area contributed by atoms with E-state index in [4.69, 9.17) is 9.15 Å². The van der Waals surface area contributed by atoms with Gasteiger partial charge in [-0.15, -0.1) is 0 Å². The third kappa shape index (κ3) is 4.55. The van der Waals surface area contributed by atoms with Crippen molar-refractivity contribution < 1.29 is 18.7 Å². The van der Waals surface area contributed by atoms with Crippen LogP contribution in [0, 0.1) is 0 Å². The average molecular weight is 422 g/mol. The number of benzene rings is 2. The minimum absolute atomic E-state index is 0.0115. The zero-order chi connectivity index (χ0) is 21.8. The van der Waals surface area contributed by atoms with Gasteiger partial charge in [-0.1, -0.05) is 36.4 Å². The zero-order valence-electron chi connectivity index (χ0n) is 17.6. The van der Waals surface area contributed by atoms with Crippen LogP contribution in [0.25, 0.3) is 11.1 Å². The normalized spacial score (nSPS) is 15.5. The lowest BCUT2D eigenvalue weighted by Gasteiger charge is -2.33. The molecule has 0 spiro atoms. The number of carbonyl (C=O) groups excluding carboxylic acids is 2. The molecule has 1 aromatic heterocycles. The van der Waals surface area contributed by atoms with E-state index in [1.165, 1.54) is 15.7 Å². The third-order valence-electron chi connectivity index (χ3n) is 5.89. The van der Waals surface area contributed by atoms with Gasteiger partial charge in [-0.3, -0.25) is 14.2 Å². The predicted octanol–water partition coefficient (Wildman–Crippen LogP) is 3.45. The second kappa shape index (κ2) is 9.20. The van der Waals surface area contributed by atoms with Crippen molar-refractivity contribution in [3.05, 3.63) is 70.2 Å². The molecule has 0 aliphatic heterocycles. The molecule has 4 rings (SSSR count). The number of nitrogens with zero attached hydrogens (tertiary/aromatic N) is 2. The van der Waals surface area contributed by atoms with Crippen LogP contribution in [0.3, 0.4) is 0 Å². The van der Waals surface area contributed by atoms with Crippen molar-refractivity contribution in [2.24, 2.45) is 0 Å². The van der Waals surface area contributed by atoms with E-state index in [1.807, 2.05) is 18.2 Å². The van der Waals surface area contributed by atoms with Gasteiger partial charge in [0.25, 0.3) is 5.91 Å². The Bertz CT molecular complexity index is 1150. The van der Waals surface area contributed by atoms with Crippen molar-refractivity contribution in [2.45, 2.75) is 44.7 Å². The molecule has 2 aromatic carbocycles. The molecule has 0 unspecified atom stereocenters. The SMILES string of the molecule is CN(C(=O)COC(=O)CCCn1c(=O)oc2ccccc21)[C@H]1CCCc2ccccc21. The lowest BCUT2D eigenvalue weighted by molar-refractivity contribution is -0.152. The van der Waals surface area contributed by atoms with Crippen LogP contribution in [0.4, 0.5) is 0 Å². The van der Waals surface area contributed by atoms with Crippen molar-refractivity contribution in [1.29, 1.82) is 0 Å². The number of hydrogen-bond acceptors (Lipinski definition) is 5. The highest BCUT2D eigenvalue weighted by Gasteiger charge is 2.26. The summed E-state index contributed by atoms with van der Waals surface area (Å²) in [5, 5.41) is 0. The Morgan fingerprint density at radius 2 is 1.94 bits per heavy atom. The molecule has 0 saturated carbocycles. The summed E-state index contributed by atoms with van der Waals surface area (Å²) >= 11 is 0. The second-order valence-electron chi connectivity index (χ2n) is 7.86. The number of aryl methyl sites for hydroxylation is 2. The molecule has 162 valence electrons. The smallest absolute Gasteiger partial charge is 0.419 e. The summed E-state index contributed by atoms with van der Waals surface area (Å²) in [5.74, 6) is -1.11. The number of rotatable bonds is 7. The molecule has 1 heterocycles. The van der Waals surface area contributed by atoms with Crippen molar-refractivity contribution in [2.75, 3.05) is 13.7 Å². The number of carbonyl (C=O) groups is 2. The Kier molecular flexibility index (Phi) is 6.21. The minimum Gasteiger partial charge on any atom is -0.456 e. The molecule has 1 amide bonds. The lowest BCUT2D eigenvalue weighted by atomic mass is 9.87. The van der Waals surface area contributed by atoms with Gasteiger partial charge in [0.05, 0.1) is 11.6 Å². The first kappa shape index (κ1) is 20.9. The molecule has 0 fully saturated rings. The van der Waals surface area contributed by atoms with Gasteiger partial charge >= 0.3 is 11.7 Å². The van der Waals surface area contributed by atoms with E-state index >= 15 is 0 Å². The Morgan fingerprint density at radius 3 is 2.81 bits per heavy atom. The standard InChI is InChI=1S/C24H26N2O5/c1-25(19-12-6-9-17-8-2-3-10-18(17)19)22(27)16-30-23(28)14-7-15-26-20-11-4-5-13-21(20)31-24(26)29/h2-5,8,10-11,13,19H,6-7,9,12,14-16H2,1H3/t19-/m0/s1. The van der Waals surface area contributed by atoms with Crippen LogP contribution >= 0.6 is 0 Å². The first-order valence-corrected chi connectivity index (χ1v) is 10.6. The Hall–Kier alpha value is -3.35. The van der Waals surface area contributed by atoms with Crippen LogP contribution in [-0.4, -0.2) is 35.0 Å². The summed E-state index contributed by atoms with van der Waals surface area (Å²) in [6, 6.07) is 15.4. The molecule has 31 heavy (non-hydrogen) atoms. The molecule has 7 heteroatoms. The van der Waals surface area contributed by atoms with Gasteiger partial charge < -0.3 is 14.1 Å². The Morgan fingerprint density at radius 1 is 1.16 bits per heavy atom.